The molecule has 1 aromatic carbocycles. The van der Waals surface area contributed by atoms with E-state index in [1.165, 1.54) is 0 Å². The molecule has 0 N–H and O–H groups in total. The lowest BCUT2D eigenvalue weighted by molar-refractivity contribution is -0.111. The number of aromatic nitrogens is 2. The van der Waals surface area contributed by atoms with Crippen LogP contribution in [0, 0.1) is 12.8 Å². The van der Waals surface area contributed by atoms with Gasteiger partial charge in [-0.1, -0.05) is 18.2 Å². The van der Waals surface area contributed by atoms with Gasteiger partial charge in [-0.05, 0) is 19.1 Å². The van der Waals surface area contributed by atoms with E-state index in [4.69, 9.17) is 9.57 Å². The first-order chi connectivity index (χ1) is 9.75. The van der Waals surface area contributed by atoms with Gasteiger partial charge in [0.05, 0.1) is 36.2 Å². The Morgan fingerprint density at radius 1 is 1.20 bits per heavy atom. The molecule has 0 bridgehead atoms. The summed E-state index contributed by atoms with van der Waals surface area (Å²) < 4.78 is 7.88. The second kappa shape index (κ2) is 4.33. The predicted octanol–water partition coefficient (Wildman–Crippen LogP) is 2.11. The van der Waals surface area contributed by atoms with Gasteiger partial charge >= 0.3 is 0 Å². The topological polar surface area (TPSA) is 39.5 Å². The van der Waals surface area contributed by atoms with Crippen molar-refractivity contribution in [1.82, 2.24) is 14.8 Å². The van der Waals surface area contributed by atoms with Gasteiger partial charge in [0.1, 0.15) is 0 Å². The summed E-state index contributed by atoms with van der Waals surface area (Å²) in [6.07, 6.45) is 0. The molecule has 2 aliphatic rings. The summed E-state index contributed by atoms with van der Waals surface area (Å²) >= 11 is 0. The van der Waals surface area contributed by atoms with Gasteiger partial charge in [0, 0.05) is 13.0 Å². The Morgan fingerprint density at radius 3 is 2.80 bits per heavy atom. The number of hydrogen-bond acceptors (Lipinski definition) is 4. The maximum Gasteiger partial charge on any atom is 0.221 e. The minimum absolute atomic E-state index is 0.246. The summed E-state index contributed by atoms with van der Waals surface area (Å²) in [5.41, 5.74) is 3.19. The van der Waals surface area contributed by atoms with Crippen molar-refractivity contribution in [2.24, 2.45) is 5.92 Å². The largest absolute Gasteiger partial charge is 0.477 e. The van der Waals surface area contributed by atoms with Crippen LogP contribution < -0.4 is 4.74 Å². The first-order valence-electron chi connectivity index (χ1n) is 6.89. The Hall–Kier alpha value is -1.85. The summed E-state index contributed by atoms with van der Waals surface area (Å²) in [5, 5.41) is 6.61. The monoisotopic (exact) mass is 271 g/mol. The second-order valence-corrected chi connectivity index (χ2v) is 5.41. The summed E-state index contributed by atoms with van der Waals surface area (Å²) in [6.45, 7) is 3.44. The fourth-order valence-corrected chi connectivity index (χ4v) is 3.17. The Bertz CT molecular complexity index is 638. The van der Waals surface area contributed by atoms with Gasteiger partial charge in [0.2, 0.25) is 5.88 Å². The van der Waals surface area contributed by atoms with Crippen LogP contribution in [0.3, 0.4) is 0 Å². The van der Waals surface area contributed by atoms with Crippen LogP contribution in [0.25, 0.3) is 5.69 Å². The van der Waals surface area contributed by atoms with Crippen LogP contribution in [0.15, 0.2) is 30.3 Å². The van der Waals surface area contributed by atoms with Crippen LogP contribution in [-0.2, 0) is 4.84 Å². The molecule has 0 amide bonds. The van der Waals surface area contributed by atoms with E-state index in [0.29, 0.717) is 12.5 Å². The molecule has 0 spiro atoms. The van der Waals surface area contributed by atoms with Crippen LogP contribution in [-0.4, -0.2) is 35.1 Å². The zero-order valence-electron chi connectivity index (χ0n) is 11.6. The molecule has 5 heteroatoms. The summed E-state index contributed by atoms with van der Waals surface area (Å²) in [4.78, 5) is 5.64. The number of hydroxylamine groups is 2. The lowest BCUT2D eigenvalue weighted by Gasteiger charge is -2.28. The van der Waals surface area contributed by atoms with Crippen LogP contribution in [0.5, 0.6) is 5.88 Å². The van der Waals surface area contributed by atoms with Crippen molar-refractivity contribution in [2.45, 2.75) is 13.0 Å². The first-order valence-corrected chi connectivity index (χ1v) is 6.89. The van der Waals surface area contributed by atoms with E-state index in [-0.39, 0.29) is 6.04 Å². The smallest absolute Gasteiger partial charge is 0.221 e. The van der Waals surface area contributed by atoms with E-state index in [1.54, 1.807) is 0 Å². The number of nitrogens with zero attached hydrogens (tertiary/aromatic N) is 3. The average Bonchev–Trinajstić information content (AvgIpc) is 3.01. The Morgan fingerprint density at radius 2 is 2.00 bits per heavy atom. The lowest BCUT2D eigenvalue weighted by atomic mass is 9.93. The van der Waals surface area contributed by atoms with Crippen LogP contribution in [0.2, 0.25) is 0 Å². The SMILES string of the molecule is Cc1nn(-c2ccccc2)c2c1[C@@H]1[C@H](CO2)CON1C. The van der Waals surface area contributed by atoms with Crippen molar-refractivity contribution in [2.75, 3.05) is 20.3 Å². The van der Waals surface area contributed by atoms with Crippen LogP contribution >= 0.6 is 0 Å². The van der Waals surface area contributed by atoms with Gasteiger partial charge in [0.15, 0.2) is 0 Å². The van der Waals surface area contributed by atoms with E-state index in [2.05, 4.69) is 5.10 Å². The number of rotatable bonds is 1. The predicted molar refractivity (Wildman–Crippen MR) is 73.7 cm³/mol. The molecule has 0 radical (unpaired) electrons. The molecule has 1 saturated heterocycles. The number of fused-ring (bicyclic) bond motifs is 3. The van der Waals surface area contributed by atoms with Crippen molar-refractivity contribution in [3.05, 3.63) is 41.6 Å². The minimum atomic E-state index is 0.246. The van der Waals surface area contributed by atoms with Crippen molar-refractivity contribution < 1.29 is 9.57 Å². The Labute approximate surface area is 117 Å². The van der Waals surface area contributed by atoms with Crippen LogP contribution in [0.4, 0.5) is 0 Å². The number of hydrogen-bond donors (Lipinski definition) is 0. The van der Waals surface area contributed by atoms with E-state index >= 15 is 0 Å². The maximum atomic E-state index is 5.99. The highest BCUT2D eigenvalue weighted by Gasteiger charge is 2.43. The van der Waals surface area contributed by atoms with Gasteiger partial charge in [-0.25, -0.2) is 4.68 Å². The van der Waals surface area contributed by atoms with Gasteiger partial charge in [-0.2, -0.15) is 10.2 Å². The molecule has 1 fully saturated rings. The zero-order chi connectivity index (χ0) is 13.7. The molecule has 20 heavy (non-hydrogen) atoms. The molecule has 0 aliphatic carbocycles. The molecule has 0 unspecified atom stereocenters. The van der Waals surface area contributed by atoms with E-state index in [1.807, 2.05) is 54.0 Å². The molecule has 1 aromatic heterocycles. The maximum absolute atomic E-state index is 5.99. The second-order valence-electron chi connectivity index (χ2n) is 5.41. The molecular weight excluding hydrogens is 254 g/mol. The van der Waals surface area contributed by atoms with E-state index in [0.717, 1.165) is 29.4 Å². The fourth-order valence-electron chi connectivity index (χ4n) is 3.17. The number of benzene rings is 1. The lowest BCUT2D eigenvalue weighted by Crippen LogP contribution is -2.29. The minimum Gasteiger partial charge on any atom is -0.477 e. The third-order valence-electron chi connectivity index (χ3n) is 4.12. The van der Waals surface area contributed by atoms with E-state index < -0.39 is 0 Å². The molecule has 5 nitrogen and oxygen atoms in total. The van der Waals surface area contributed by atoms with Gasteiger partial charge < -0.3 is 4.74 Å². The summed E-state index contributed by atoms with van der Waals surface area (Å²) in [5.74, 6) is 1.24. The molecule has 3 heterocycles. The molecular formula is C15H17N3O2. The molecule has 2 aromatic rings. The Balaban J connectivity index is 1.86. The normalized spacial score (nSPS) is 25.1. The number of para-hydroxylation sites is 1. The van der Waals surface area contributed by atoms with Gasteiger partial charge in [-0.3, -0.25) is 4.84 Å². The summed E-state index contributed by atoms with van der Waals surface area (Å²) in [7, 11) is 1.99. The fraction of sp³-hybridized carbons (Fsp3) is 0.400. The highest BCUT2D eigenvalue weighted by atomic mass is 16.7. The van der Waals surface area contributed by atoms with Gasteiger partial charge in [-0.15, -0.1) is 0 Å². The molecule has 2 aliphatic heterocycles. The number of ether oxygens (including phenoxy) is 1. The first kappa shape index (κ1) is 11.9. The molecule has 4 rings (SSSR count). The van der Waals surface area contributed by atoms with Crippen molar-refractivity contribution >= 4 is 0 Å². The molecule has 2 atom stereocenters. The third kappa shape index (κ3) is 1.60. The van der Waals surface area contributed by atoms with Gasteiger partial charge in [0.25, 0.3) is 0 Å². The molecule has 0 saturated carbocycles. The van der Waals surface area contributed by atoms with Crippen LogP contribution in [0.1, 0.15) is 17.3 Å². The highest BCUT2D eigenvalue weighted by molar-refractivity contribution is 5.44. The van der Waals surface area contributed by atoms with Crippen molar-refractivity contribution in [3.63, 3.8) is 0 Å². The van der Waals surface area contributed by atoms with Crippen molar-refractivity contribution in [3.8, 4) is 11.6 Å². The summed E-state index contributed by atoms with van der Waals surface area (Å²) in [6, 6.07) is 10.3. The Kier molecular flexibility index (Phi) is 2.58. The zero-order valence-corrected chi connectivity index (χ0v) is 11.6. The van der Waals surface area contributed by atoms with Crippen molar-refractivity contribution in [1.29, 1.82) is 0 Å². The highest BCUT2D eigenvalue weighted by Crippen LogP contribution is 2.44. The average molecular weight is 271 g/mol. The van der Waals surface area contributed by atoms with E-state index in [9.17, 15) is 0 Å². The quantitative estimate of drug-likeness (QED) is 0.796. The standard InChI is InChI=1S/C15H17N3O2/c1-10-13-14-11(9-20-17(14)2)8-19-15(13)18(16-10)12-6-4-3-5-7-12/h3-7,11,14H,8-9H2,1-2H3/t11-,14+/m1/s1. The third-order valence-corrected chi connectivity index (χ3v) is 4.12. The molecule has 104 valence electrons. The number of aryl methyl sites for hydroxylation is 1.